The number of rotatable bonds is 6. The van der Waals surface area contributed by atoms with E-state index in [0.29, 0.717) is 35.7 Å². The molecular formula is C15H21N3O3. The summed E-state index contributed by atoms with van der Waals surface area (Å²) < 4.78 is 10.5. The van der Waals surface area contributed by atoms with Crippen molar-refractivity contribution in [3.63, 3.8) is 0 Å². The number of amides is 1. The number of methoxy groups -OCH3 is 1. The van der Waals surface area contributed by atoms with E-state index in [9.17, 15) is 4.79 Å². The molecule has 6 nitrogen and oxygen atoms in total. The Hall–Kier alpha value is -1.92. The van der Waals surface area contributed by atoms with Crippen LogP contribution in [-0.4, -0.2) is 23.5 Å². The van der Waals surface area contributed by atoms with Gasteiger partial charge in [0.15, 0.2) is 5.58 Å². The van der Waals surface area contributed by atoms with E-state index in [0.717, 1.165) is 6.42 Å². The smallest absolute Gasteiger partial charge is 0.244 e. The normalized spacial score (nSPS) is 14.1. The first kappa shape index (κ1) is 15.5. The molecule has 21 heavy (non-hydrogen) atoms. The third-order valence-corrected chi connectivity index (χ3v) is 3.25. The molecule has 2 aromatic rings. The lowest BCUT2D eigenvalue weighted by atomic mass is 9.96. The Kier molecular flexibility index (Phi) is 4.59. The van der Waals surface area contributed by atoms with E-state index in [1.165, 1.54) is 0 Å². The van der Waals surface area contributed by atoms with Crippen LogP contribution in [0.3, 0.4) is 0 Å². The van der Waals surface area contributed by atoms with Crippen LogP contribution in [0, 0.1) is 0 Å². The van der Waals surface area contributed by atoms with Crippen LogP contribution in [0.2, 0.25) is 0 Å². The predicted molar refractivity (Wildman–Crippen MR) is 80.9 cm³/mol. The number of aromatic nitrogens is 1. The molecule has 114 valence electrons. The lowest BCUT2D eigenvalue weighted by Gasteiger charge is -2.22. The average molecular weight is 291 g/mol. The minimum Gasteiger partial charge on any atom is -0.438 e. The van der Waals surface area contributed by atoms with Crippen molar-refractivity contribution in [3.8, 4) is 0 Å². The number of oxazole rings is 1. The number of carbonyl (C=O) groups is 1. The highest BCUT2D eigenvalue weighted by Gasteiger charge is 2.27. The van der Waals surface area contributed by atoms with Crippen LogP contribution >= 0.6 is 0 Å². The standard InChI is InChI=1S/C15H21N3O3/c1-4-7-15(2,16)14(19)17-10-5-6-12-11(8-10)18-13(21-12)9-20-3/h5-6,8H,4,7,9,16H2,1-3H3,(H,17,19). The molecule has 1 amide bonds. The number of nitrogens with zero attached hydrogens (tertiary/aromatic N) is 1. The minimum atomic E-state index is -0.880. The molecule has 0 spiro atoms. The summed E-state index contributed by atoms with van der Waals surface area (Å²) in [5, 5.41) is 2.82. The summed E-state index contributed by atoms with van der Waals surface area (Å²) in [7, 11) is 1.58. The van der Waals surface area contributed by atoms with Gasteiger partial charge in [-0.1, -0.05) is 13.3 Å². The average Bonchev–Trinajstić information content (AvgIpc) is 2.80. The van der Waals surface area contributed by atoms with E-state index in [2.05, 4.69) is 10.3 Å². The fourth-order valence-electron chi connectivity index (χ4n) is 2.14. The third-order valence-electron chi connectivity index (χ3n) is 3.25. The fourth-order valence-corrected chi connectivity index (χ4v) is 2.14. The van der Waals surface area contributed by atoms with Crippen LogP contribution in [0.1, 0.15) is 32.6 Å². The maximum Gasteiger partial charge on any atom is 0.244 e. The van der Waals surface area contributed by atoms with Crippen molar-refractivity contribution in [1.29, 1.82) is 0 Å². The molecule has 6 heteroatoms. The third kappa shape index (κ3) is 3.59. The molecule has 1 atom stereocenters. The van der Waals surface area contributed by atoms with Crippen molar-refractivity contribution < 1.29 is 13.9 Å². The van der Waals surface area contributed by atoms with Crippen molar-refractivity contribution in [3.05, 3.63) is 24.1 Å². The predicted octanol–water partition coefficient (Wildman–Crippen LogP) is 2.43. The van der Waals surface area contributed by atoms with Gasteiger partial charge < -0.3 is 20.2 Å². The number of nitrogens with one attached hydrogen (secondary N) is 1. The van der Waals surface area contributed by atoms with Gasteiger partial charge in [0.1, 0.15) is 12.1 Å². The Morgan fingerprint density at radius 3 is 2.95 bits per heavy atom. The summed E-state index contributed by atoms with van der Waals surface area (Å²) >= 11 is 0. The van der Waals surface area contributed by atoms with Crippen molar-refractivity contribution >= 4 is 22.7 Å². The molecule has 0 saturated carbocycles. The van der Waals surface area contributed by atoms with Crippen LogP contribution in [-0.2, 0) is 16.1 Å². The van der Waals surface area contributed by atoms with Gasteiger partial charge >= 0.3 is 0 Å². The maximum atomic E-state index is 12.2. The van der Waals surface area contributed by atoms with E-state index in [1.54, 1.807) is 32.2 Å². The van der Waals surface area contributed by atoms with Crippen LogP contribution < -0.4 is 11.1 Å². The molecule has 1 aromatic carbocycles. The topological polar surface area (TPSA) is 90.4 Å². The second-order valence-electron chi connectivity index (χ2n) is 5.34. The number of fused-ring (bicyclic) bond motifs is 1. The lowest BCUT2D eigenvalue weighted by molar-refractivity contribution is -0.120. The van der Waals surface area contributed by atoms with Crippen molar-refractivity contribution in [2.45, 2.75) is 38.8 Å². The Morgan fingerprint density at radius 1 is 1.52 bits per heavy atom. The van der Waals surface area contributed by atoms with Crippen molar-refractivity contribution in [2.75, 3.05) is 12.4 Å². The zero-order chi connectivity index (χ0) is 15.5. The molecular weight excluding hydrogens is 270 g/mol. The number of nitrogens with two attached hydrogens (primary N) is 1. The van der Waals surface area contributed by atoms with Gasteiger partial charge in [0, 0.05) is 12.8 Å². The summed E-state index contributed by atoms with van der Waals surface area (Å²) in [4.78, 5) is 16.5. The highest BCUT2D eigenvalue weighted by atomic mass is 16.5. The molecule has 0 aliphatic heterocycles. The van der Waals surface area contributed by atoms with Gasteiger partial charge in [0.2, 0.25) is 11.8 Å². The zero-order valence-electron chi connectivity index (χ0n) is 12.6. The highest BCUT2D eigenvalue weighted by Crippen LogP contribution is 2.21. The Bertz CT molecular complexity index is 634. The molecule has 0 aliphatic rings. The monoisotopic (exact) mass is 291 g/mol. The van der Waals surface area contributed by atoms with E-state index in [4.69, 9.17) is 14.9 Å². The van der Waals surface area contributed by atoms with Crippen LogP contribution in [0.4, 0.5) is 5.69 Å². The van der Waals surface area contributed by atoms with Gasteiger partial charge in [-0.15, -0.1) is 0 Å². The maximum absolute atomic E-state index is 12.2. The second-order valence-corrected chi connectivity index (χ2v) is 5.34. The summed E-state index contributed by atoms with van der Waals surface area (Å²) in [6.07, 6.45) is 1.48. The quantitative estimate of drug-likeness (QED) is 0.853. The first-order valence-corrected chi connectivity index (χ1v) is 6.95. The lowest BCUT2D eigenvalue weighted by Crippen LogP contribution is -2.48. The molecule has 1 unspecified atom stereocenters. The summed E-state index contributed by atoms with van der Waals surface area (Å²) in [6, 6.07) is 5.30. The summed E-state index contributed by atoms with van der Waals surface area (Å²) in [5.74, 6) is 0.301. The number of ether oxygens (including phenoxy) is 1. The fraction of sp³-hybridized carbons (Fsp3) is 0.467. The molecule has 1 heterocycles. The van der Waals surface area contributed by atoms with E-state index in [1.807, 2.05) is 6.92 Å². The van der Waals surface area contributed by atoms with Gasteiger partial charge in [0.25, 0.3) is 0 Å². The van der Waals surface area contributed by atoms with Gasteiger partial charge in [-0.2, -0.15) is 0 Å². The Balaban J connectivity index is 2.17. The van der Waals surface area contributed by atoms with Crippen LogP contribution in [0.15, 0.2) is 22.6 Å². The molecule has 0 aliphatic carbocycles. The zero-order valence-corrected chi connectivity index (χ0v) is 12.6. The summed E-state index contributed by atoms with van der Waals surface area (Å²) in [6.45, 7) is 4.04. The number of benzene rings is 1. The van der Waals surface area contributed by atoms with Crippen molar-refractivity contribution in [2.24, 2.45) is 5.73 Å². The van der Waals surface area contributed by atoms with Gasteiger partial charge in [-0.3, -0.25) is 4.79 Å². The van der Waals surface area contributed by atoms with Crippen LogP contribution in [0.25, 0.3) is 11.1 Å². The Labute approximate surface area is 123 Å². The molecule has 2 rings (SSSR count). The summed E-state index contributed by atoms with van der Waals surface area (Å²) in [5.41, 5.74) is 7.11. The number of hydrogen-bond donors (Lipinski definition) is 2. The van der Waals surface area contributed by atoms with E-state index in [-0.39, 0.29) is 5.91 Å². The number of anilines is 1. The number of carbonyl (C=O) groups excluding carboxylic acids is 1. The van der Waals surface area contributed by atoms with E-state index >= 15 is 0 Å². The van der Waals surface area contributed by atoms with E-state index < -0.39 is 5.54 Å². The van der Waals surface area contributed by atoms with Crippen LogP contribution in [0.5, 0.6) is 0 Å². The SMILES string of the molecule is CCCC(C)(N)C(=O)Nc1ccc2oc(COC)nc2c1. The molecule has 3 N–H and O–H groups in total. The molecule has 0 radical (unpaired) electrons. The first-order chi connectivity index (χ1) is 9.96. The molecule has 1 aromatic heterocycles. The van der Waals surface area contributed by atoms with Gasteiger partial charge in [-0.25, -0.2) is 4.98 Å². The van der Waals surface area contributed by atoms with Crippen molar-refractivity contribution in [1.82, 2.24) is 4.98 Å². The largest absolute Gasteiger partial charge is 0.438 e. The number of hydrogen-bond acceptors (Lipinski definition) is 5. The first-order valence-electron chi connectivity index (χ1n) is 6.95. The highest BCUT2D eigenvalue weighted by molar-refractivity contribution is 5.98. The minimum absolute atomic E-state index is 0.204. The molecule has 0 bridgehead atoms. The van der Waals surface area contributed by atoms with Gasteiger partial charge in [0.05, 0.1) is 5.54 Å². The molecule has 0 fully saturated rings. The second kappa shape index (κ2) is 6.24. The Morgan fingerprint density at radius 2 is 2.29 bits per heavy atom. The van der Waals surface area contributed by atoms with Gasteiger partial charge in [-0.05, 0) is 31.5 Å². The molecule has 0 saturated heterocycles.